The Morgan fingerprint density at radius 3 is 0.711 bits per heavy atom. The van der Waals surface area contributed by atoms with Gasteiger partial charge in [-0.05, 0) is 152 Å². The molecule has 11 aromatic rings. The van der Waals surface area contributed by atoms with Crippen molar-refractivity contribution in [3.63, 3.8) is 0 Å². The topological polar surface area (TPSA) is 38.9 Å². The minimum absolute atomic E-state index is 0.541. The van der Waals surface area contributed by atoms with Crippen LogP contribution in [0.5, 0.6) is 0 Å². The molecule has 0 bridgehead atoms. The molecule has 0 N–H and O–H groups in total. The van der Waals surface area contributed by atoms with Crippen molar-refractivity contribution in [3.05, 3.63) is 344 Å². The molecule has 10 aromatic carbocycles. The van der Waals surface area contributed by atoms with Crippen LogP contribution in [-0.2, 0) is 25.7 Å². The maximum absolute atomic E-state index is 6.29. The normalized spacial score (nSPS) is 11.9. The summed E-state index contributed by atoms with van der Waals surface area (Å²) in [6, 6.07) is 90.2. The fourth-order valence-corrected chi connectivity index (χ4v) is 9.92. The lowest BCUT2D eigenvalue weighted by Gasteiger charge is -2.05. The van der Waals surface area contributed by atoms with Gasteiger partial charge in [0, 0.05) is 11.1 Å². The number of aryl methyl sites for hydroxylation is 4. The van der Waals surface area contributed by atoms with Gasteiger partial charge in [0.15, 0.2) is 0 Å². The fraction of sp³-hybridized carbons (Fsp3) is 0.0750. The Hall–Kier alpha value is -10.2. The second kappa shape index (κ2) is 28.3. The third-order valence-corrected chi connectivity index (χ3v) is 14.7. The predicted molar refractivity (Wildman–Crippen MR) is 354 cm³/mol. The van der Waals surface area contributed by atoms with E-state index in [1.165, 1.54) is 89.0 Å². The van der Waals surface area contributed by atoms with Gasteiger partial charge < -0.3 is 4.42 Å². The third-order valence-electron chi connectivity index (χ3n) is 14.7. The van der Waals surface area contributed by atoms with Gasteiger partial charge in [0.2, 0.25) is 11.8 Å². The Morgan fingerprint density at radius 2 is 0.446 bits per heavy atom. The van der Waals surface area contributed by atoms with Gasteiger partial charge in [0.1, 0.15) is 0 Å². The Labute approximate surface area is 490 Å². The smallest absolute Gasteiger partial charge is 0.248 e. The zero-order chi connectivity index (χ0) is 56.1. The average molecular weight is 1070 g/mol. The maximum atomic E-state index is 6.29. The lowest BCUT2D eigenvalue weighted by Crippen LogP contribution is -1.91. The number of hydrogen-bond acceptors (Lipinski definition) is 3. The summed E-state index contributed by atoms with van der Waals surface area (Å²) in [6.45, 7) is 0. The second-order valence-corrected chi connectivity index (χ2v) is 21.0. The second-order valence-electron chi connectivity index (χ2n) is 21.0. The molecule has 0 aliphatic rings. The summed E-state index contributed by atoms with van der Waals surface area (Å²) in [5.41, 5.74) is 21.3. The van der Waals surface area contributed by atoms with Gasteiger partial charge >= 0.3 is 0 Å². The van der Waals surface area contributed by atoms with Crippen LogP contribution in [0, 0.1) is 0 Å². The molecule has 0 saturated carbocycles. The molecule has 0 atom stereocenters. The summed E-state index contributed by atoms with van der Waals surface area (Å²) in [7, 11) is 0. The van der Waals surface area contributed by atoms with E-state index in [2.05, 4.69) is 326 Å². The van der Waals surface area contributed by atoms with Gasteiger partial charge in [-0.25, -0.2) is 0 Å². The Bertz CT molecular complexity index is 3730. The van der Waals surface area contributed by atoms with Crippen LogP contribution in [0.1, 0.15) is 102 Å². The molecule has 402 valence electrons. The van der Waals surface area contributed by atoms with Crippen molar-refractivity contribution in [2.45, 2.75) is 38.5 Å². The van der Waals surface area contributed by atoms with Gasteiger partial charge in [-0.15, -0.1) is 10.2 Å². The average Bonchev–Trinajstić information content (AvgIpc) is 4.08. The number of nitrogens with zero attached hydrogens (tertiary/aromatic N) is 2. The van der Waals surface area contributed by atoms with Gasteiger partial charge in [-0.1, -0.05) is 303 Å². The zero-order valence-electron chi connectivity index (χ0n) is 46.7. The highest BCUT2D eigenvalue weighted by Crippen LogP contribution is 2.27. The van der Waals surface area contributed by atoms with Crippen molar-refractivity contribution in [2.75, 3.05) is 0 Å². The first-order valence-electron chi connectivity index (χ1n) is 28.8. The highest BCUT2D eigenvalue weighted by atomic mass is 16.4. The lowest BCUT2D eigenvalue weighted by molar-refractivity contribution is 0.584. The van der Waals surface area contributed by atoms with Crippen LogP contribution in [0.15, 0.2) is 259 Å². The molecular formula is C80H66N2O. The Balaban J connectivity index is 0.591. The third kappa shape index (κ3) is 16.7. The summed E-state index contributed by atoms with van der Waals surface area (Å²) in [5, 5.41) is 8.95. The summed E-state index contributed by atoms with van der Waals surface area (Å²) in [4.78, 5) is 0. The van der Waals surface area contributed by atoms with Gasteiger partial charge in [-0.3, -0.25) is 0 Å². The van der Waals surface area contributed by atoms with Crippen molar-refractivity contribution in [2.24, 2.45) is 0 Å². The summed E-state index contributed by atoms with van der Waals surface area (Å²) in [5.74, 6) is 1.08. The molecular weight excluding hydrogens is 1000 g/mol. The number of hydrogen-bond donors (Lipinski definition) is 0. The summed E-state index contributed by atoms with van der Waals surface area (Å²) >= 11 is 0. The molecule has 0 radical (unpaired) electrons. The lowest BCUT2D eigenvalue weighted by atomic mass is 10.0. The molecule has 83 heavy (non-hydrogen) atoms. The van der Waals surface area contributed by atoms with E-state index < -0.39 is 0 Å². The van der Waals surface area contributed by atoms with Gasteiger partial charge in [-0.2, -0.15) is 0 Å². The van der Waals surface area contributed by atoms with E-state index in [0.29, 0.717) is 11.8 Å². The van der Waals surface area contributed by atoms with Crippen LogP contribution >= 0.6 is 0 Å². The van der Waals surface area contributed by atoms with Crippen molar-refractivity contribution >= 4 is 72.9 Å². The van der Waals surface area contributed by atoms with E-state index in [4.69, 9.17) is 4.42 Å². The molecule has 0 spiro atoms. The van der Waals surface area contributed by atoms with Crippen LogP contribution in [0.4, 0.5) is 0 Å². The first-order chi connectivity index (χ1) is 41.0. The largest absolute Gasteiger partial charge is 0.416 e. The van der Waals surface area contributed by atoms with E-state index in [1.807, 2.05) is 12.1 Å². The maximum Gasteiger partial charge on any atom is 0.248 e. The monoisotopic (exact) mass is 1070 g/mol. The molecule has 1 aromatic heterocycles. The first kappa shape index (κ1) is 54.7. The number of rotatable bonds is 22. The Morgan fingerprint density at radius 1 is 0.217 bits per heavy atom. The van der Waals surface area contributed by atoms with Crippen molar-refractivity contribution in [1.29, 1.82) is 0 Å². The quantitative estimate of drug-likeness (QED) is 0.0635. The van der Waals surface area contributed by atoms with Crippen molar-refractivity contribution in [1.82, 2.24) is 10.2 Å². The molecule has 0 unspecified atom stereocenters. The zero-order valence-corrected chi connectivity index (χ0v) is 46.7. The van der Waals surface area contributed by atoms with Crippen molar-refractivity contribution in [3.8, 4) is 22.9 Å². The van der Waals surface area contributed by atoms with E-state index in [9.17, 15) is 0 Å². The SMILES string of the molecule is C(=C\c1ccc(/C=C/c2ccc(/C=C/c3ccc(CCCc4cccc(-c5nnc(-c6cccc(CCCc7ccc(/C=C/c8ccc(/C=C/c9ccc(/C=C/c%10ccccc%10)cc9)cc8)cc7)c6)o5)c4)cc3)cc2)cc1)/c1ccccc1. The molecule has 3 heteroatoms. The fourth-order valence-electron chi connectivity index (χ4n) is 9.92. The molecule has 0 aliphatic carbocycles. The van der Waals surface area contributed by atoms with Crippen LogP contribution < -0.4 is 0 Å². The van der Waals surface area contributed by atoms with Crippen LogP contribution in [0.2, 0.25) is 0 Å². The minimum atomic E-state index is 0.541. The van der Waals surface area contributed by atoms with Gasteiger partial charge in [0.05, 0.1) is 0 Å². The Kier molecular flexibility index (Phi) is 18.6. The standard InChI is InChI=1S/C80H66N2O/c1-3-11-61(12-4-1)23-29-65-35-41-69(42-36-65)47-53-73-55-49-71(50-56-73)45-39-67-31-25-63(26-32-67)15-7-17-75-19-9-21-77(59-75)79-81-82-80(83-79)78-22-10-20-76(60-78)18-8-16-64-27-33-68(34-28-64)40-46-72-51-57-74(58-52-72)54-48-70-43-37-66(38-44-70)30-24-62-13-5-2-6-14-62/h1-6,9-14,19-60H,7-8,15-18H2/b29-23+,30-24+,45-39+,46-40+,53-47+,54-48+. The molecule has 0 saturated heterocycles. The number of benzene rings is 10. The molecule has 11 rings (SSSR count). The van der Waals surface area contributed by atoms with Crippen LogP contribution in [0.25, 0.3) is 95.8 Å². The van der Waals surface area contributed by atoms with E-state index in [-0.39, 0.29) is 0 Å². The summed E-state index contributed by atoms with van der Waals surface area (Å²) < 4.78 is 6.29. The highest BCUT2D eigenvalue weighted by Gasteiger charge is 2.12. The van der Waals surface area contributed by atoms with Crippen LogP contribution in [-0.4, -0.2) is 10.2 Å². The molecule has 0 amide bonds. The number of aromatic nitrogens is 2. The molecule has 0 fully saturated rings. The summed E-state index contributed by atoms with van der Waals surface area (Å²) in [6.07, 6.45) is 32.0. The minimum Gasteiger partial charge on any atom is -0.416 e. The molecule has 0 aliphatic heterocycles. The van der Waals surface area contributed by atoms with Gasteiger partial charge in [0.25, 0.3) is 0 Å². The van der Waals surface area contributed by atoms with E-state index in [0.717, 1.165) is 49.7 Å². The first-order valence-corrected chi connectivity index (χ1v) is 28.8. The van der Waals surface area contributed by atoms with Crippen LogP contribution in [0.3, 0.4) is 0 Å². The molecule has 1 heterocycles. The van der Waals surface area contributed by atoms with E-state index in [1.54, 1.807) is 0 Å². The van der Waals surface area contributed by atoms with E-state index >= 15 is 0 Å². The van der Waals surface area contributed by atoms with Crippen molar-refractivity contribution < 1.29 is 4.42 Å². The predicted octanol–water partition coefficient (Wildman–Crippen LogP) is 20.8. The molecule has 3 nitrogen and oxygen atoms in total. The highest BCUT2D eigenvalue weighted by molar-refractivity contribution is 5.77.